The molecule has 1 rings (SSSR count). The van der Waals surface area contributed by atoms with Crippen LogP contribution in [0.4, 0.5) is 10.5 Å². The zero-order valence-corrected chi connectivity index (χ0v) is 18.9. The monoisotopic (exact) mass is 448 g/mol. The van der Waals surface area contributed by atoms with Crippen LogP contribution in [0.3, 0.4) is 0 Å². The Bertz CT molecular complexity index is 826. The van der Waals surface area contributed by atoms with E-state index in [1.165, 1.54) is 6.26 Å². The van der Waals surface area contributed by atoms with Crippen LogP contribution in [-0.2, 0) is 29.8 Å². The number of rotatable bonds is 9. The maximum Gasteiger partial charge on any atom is 0.442 e. The first-order chi connectivity index (χ1) is 13.4. The molecule has 0 aromatic heterocycles. The fourth-order valence-corrected chi connectivity index (χ4v) is 3.54. The van der Waals surface area contributed by atoms with E-state index >= 15 is 0 Å². The normalized spacial score (nSPS) is 12.9. The first-order valence-corrected chi connectivity index (χ1v) is 11.3. The lowest BCUT2D eigenvalue weighted by Gasteiger charge is -2.17. The number of quaternary nitrogens is 1. The second-order valence-electron chi connectivity index (χ2n) is 7.46. The number of amides is 1. The van der Waals surface area contributed by atoms with Crippen molar-refractivity contribution < 1.29 is 39.0 Å². The molecule has 10 nitrogen and oxygen atoms in total. The van der Waals surface area contributed by atoms with Gasteiger partial charge in [-0.3, -0.25) is 4.79 Å². The van der Waals surface area contributed by atoms with Gasteiger partial charge in [0, 0.05) is 24.8 Å². The molecule has 0 saturated heterocycles. The van der Waals surface area contributed by atoms with Gasteiger partial charge >= 0.3 is 12.1 Å². The van der Waals surface area contributed by atoms with Gasteiger partial charge in [-0.2, -0.15) is 0 Å². The van der Waals surface area contributed by atoms with Crippen LogP contribution in [0.5, 0.6) is 5.75 Å². The van der Waals surface area contributed by atoms with Gasteiger partial charge in [-0.15, -0.1) is 4.36 Å². The number of carbonyl (C=O) groups is 2. The van der Waals surface area contributed by atoms with Crippen molar-refractivity contribution in [2.24, 2.45) is 4.36 Å². The van der Waals surface area contributed by atoms with E-state index in [9.17, 15) is 19.0 Å². The zero-order valence-electron chi connectivity index (χ0n) is 18.1. The summed E-state index contributed by atoms with van der Waals surface area (Å²) >= 11 is 0. The van der Waals surface area contributed by atoms with E-state index in [2.05, 4.69) is 4.36 Å². The fourth-order valence-electron chi connectivity index (χ4n) is 2.34. The molecule has 0 saturated carbocycles. The highest BCUT2D eigenvalue weighted by atomic mass is 32.2. The molecule has 0 aliphatic rings. The summed E-state index contributed by atoms with van der Waals surface area (Å²) in [6.07, 6.45) is 1.14. The van der Waals surface area contributed by atoms with Gasteiger partial charge in [0.25, 0.3) is 0 Å². The van der Waals surface area contributed by atoms with E-state index in [0.717, 1.165) is 0 Å². The minimum absolute atomic E-state index is 0. The van der Waals surface area contributed by atoms with Crippen molar-refractivity contribution in [2.75, 3.05) is 19.5 Å². The van der Waals surface area contributed by atoms with Crippen LogP contribution in [0.25, 0.3) is 0 Å². The Morgan fingerprint density at radius 2 is 1.90 bits per heavy atom. The fraction of sp³-hybridized carbons (Fsp3) is 0.579. The summed E-state index contributed by atoms with van der Waals surface area (Å²) in [5.74, 6) is 0.0569. The lowest BCUT2D eigenvalue weighted by molar-refractivity contribution is -0.497. The van der Waals surface area contributed by atoms with Gasteiger partial charge in [0.2, 0.25) is 0 Å². The molecule has 1 amide bonds. The van der Waals surface area contributed by atoms with Crippen LogP contribution >= 0.6 is 0 Å². The van der Waals surface area contributed by atoms with Crippen molar-refractivity contribution in [3.8, 4) is 5.75 Å². The van der Waals surface area contributed by atoms with Gasteiger partial charge in [0.05, 0.1) is 28.7 Å². The predicted octanol–water partition coefficient (Wildman–Crippen LogP) is 1.81. The molecule has 0 spiro atoms. The SMILES string of the molecule is CCOC(=O)CCCOc1cc(CS(C)(=O)=NC(=O)OC(C)(C)C)cc([NH2+][O-])c1.O. The maximum absolute atomic E-state index is 12.7. The highest BCUT2D eigenvalue weighted by molar-refractivity contribution is 7.92. The molecule has 1 aromatic carbocycles. The Morgan fingerprint density at radius 1 is 1.23 bits per heavy atom. The quantitative estimate of drug-likeness (QED) is 0.260. The Kier molecular flexibility index (Phi) is 11.6. The topological polar surface area (TPSA) is 162 Å². The highest BCUT2D eigenvalue weighted by Crippen LogP contribution is 2.21. The molecule has 0 aliphatic carbocycles. The van der Waals surface area contributed by atoms with E-state index in [1.807, 2.05) is 0 Å². The molecule has 11 heteroatoms. The molecule has 0 fully saturated rings. The number of carbonyl (C=O) groups excluding carboxylic acids is 2. The number of ether oxygens (including phenoxy) is 3. The lowest BCUT2D eigenvalue weighted by Crippen LogP contribution is -2.70. The summed E-state index contributed by atoms with van der Waals surface area (Å²) in [6.45, 7) is 7.40. The average Bonchev–Trinajstić information content (AvgIpc) is 2.55. The molecular weight excluding hydrogens is 416 g/mol. The smallest absolute Gasteiger partial charge is 0.442 e. The third-order valence-corrected chi connectivity index (χ3v) is 4.72. The summed E-state index contributed by atoms with van der Waals surface area (Å²) < 4.78 is 31.9. The Hall–Kier alpha value is -2.21. The lowest BCUT2D eigenvalue weighted by atomic mass is 10.2. The average molecular weight is 449 g/mol. The van der Waals surface area contributed by atoms with E-state index in [4.69, 9.17) is 14.2 Å². The van der Waals surface area contributed by atoms with Crippen LogP contribution in [0.2, 0.25) is 0 Å². The van der Waals surface area contributed by atoms with Crippen LogP contribution in [0.1, 0.15) is 46.1 Å². The molecule has 4 N–H and O–H groups in total. The summed E-state index contributed by atoms with van der Waals surface area (Å²) in [7, 11) is -2.92. The third-order valence-electron chi connectivity index (χ3n) is 3.32. The van der Waals surface area contributed by atoms with Gasteiger partial charge in [-0.25, -0.2) is 9.00 Å². The molecule has 0 aliphatic heterocycles. The Morgan fingerprint density at radius 3 is 2.47 bits per heavy atom. The third kappa shape index (κ3) is 11.7. The Labute approximate surface area is 177 Å². The highest BCUT2D eigenvalue weighted by Gasteiger charge is 2.18. The van der Waals surface area contributed by atoms with Crippen molar-refractivity contribution in [1.29, 1.82) is 0 Å². The van der Waals surface area contributed by atoms with Gasteiger partial charge in [-0.1, -0.05) is 0 Å². The second kappa shape index (κ2) is 12.5. The van der Waals surface area contributed by atoms with Crippen LogP contribution in [0, 0.1) is 5.21 Å². The van der Waals surface area contributed by atoms with Crippen molar-refractivity contribution in [2.45, 2.75) is 51.9 Å². The number of benzene rings is 1. The van der Waals surface area contributed by atoms with Crippen LogP contribution in [-0.4, -0.2) is 46.8 Å². The van der Waals surface area contributed by atoms with E-state index in [1.54, 1.807) is 45.9 Å². The molecular formula is C19H32N2O8S. The number of hydrogen-bond acceptors (Lipinski definition) is 7. The Balaban J connectivity index is 0.00000841. The minimum atomic E-state index is -2.92. The maximum atomic E-state index is 12.7. The molecule has 0 bridgehead atoms. The summed E-state index contributed by atoms with van der Waals surface area (Å²) in [5.41, 5.74) is 0.792. The summed E-state index contributed by atoms with van der Waals surface area (Å²) in [6, 6.07) is 4.74. The standard InChI is InChI=1S/C19H30N2O7S.H2O/c1-6-26-17(22)8-7-9-27-16-11-14(10-15(12-16)20-24)13-29(5,25)21-18(23)28-19(2,3)4;/h10-12H,6-9,13,20H2,1-5H3;1H2. The molecule has 0 heterocycles. The van der Waals surface area contributed by atoms with Crippen molar-refractivity contribution in [1.82, 2.24) is 0 Å². The minimum Gasteiger partial charge on any atom is -0.630 e. The molecule has 1 atom stereocenters. The van der Waals surface area contributed by atoms with E-state index in [-0.39, 0.29) is 30.2 Å². The molecule has 30 heavy (non-hydrogen) atoms. The molecule has 1 unspecified atom stereocenters. The van der Waals surface area contributed by atoms with Gasteiger partial charge in [0.1, 0.15) is 17.0 Å². The van der Waals surface area contributed by atoms with Gasteiger partial charge in [-0.05, 0) is 45.7 Å². The van der Waals surface area contributed by atoms with Crippen molar-refractivity contribution in [3.63, 3.8) is 0 Å². The zero-order chi connectivity index (χ0) is 22.1. The van der Waals surface area contributed by atoms with Crippen molar-refractivity contribution >= 4 is 27.5 Å². The number of hydrogen-bond donors (Lipinski definition) is 1. The number of nitrogens with zero attached hydrogens (tertiary/aromatic N) is 1. The first kappa shape index (κ1) is 27.8. The molecule has 1 aromatic rings. The van der Waals surface area contributed by atoms with Gasteiger partial charge in [0.15, 0.2) is 0 Å². The molecule has 0 radical (unpaired) electrons. The summed E-state index contributed by atoms with van der Waals surface area (Å²) in [5, 5.41) is 11.2. The largest absolute Gasteiger partial charge is 0.630 e. The van der Waals surface area contributed by atoms with Gasteiger partial charge < -0.3 is 30.4 Å². The second-order valence-corrected chi connectivity index (χ2v) is 9.85. The molecule has 172 valence electrons. The number of nitrogens with two attached hydrogens (primary N) is 1. The predicted molar refractivity (Wildman–Crippen MR) is 113 cm³/mol. The van der Waals surface area contributed by atoms with Crippen molar-refractivity contribution in [3.05, 3.63) is 29.0 Å². The number of esters is 1. The van der Waals surface area contributed by atoms with Crippen LogP contribution in [0.15, 0.2) is 22.6 Å². The summed E-state index contributed by atoms with van der Waals surface area (Å²) in [4.78, 5) is 23.2. The van der Waals surface area contributed by atoms with Crippen LogP contribution < -0.4 is 10.2 Å². The van der Waals surface area contributed by atoms with E-state index in [0.29, 0.717) is 35.5 Å². The van der Waals surface area contributed by atoms with E-state index < -0.39 is 21.4 Å². The first-order valence-electron chi connectivity index (χ1n) is 9.24.